The van der Waals surface area contributed by atoms with E-state index in [2.05, 4.69) is 14.8 Å². The number of rotatable bonds is 6. The Balaban J connectivity index is 1.95. The molecule has 0 bridgehead atoms. The second-order valence-electron chi connectivity index (χ2n) is 5.77. The summed E-state index contributed by atoms with van der Waals surface area (Å²) in [5.41, 5.74) is 1.06. The van der Waals surface area contributed by atoms with E-state index in [0.29, 0.717) is 11.8 Å². The maximum Gasteiger partial charge on any atom is 0.191 e. The largest absolute Gasteiger partial charge is 0.497 e. The normalized spacial score (nSPS) is 15.7. The zero-order valence-electron chi connectivity index (χ0n) is 13.4. The number of benzene rings is 1. The second-order valence-corrected chi connectivity index (χ2v) is 6.83. The van der Waals surface area contributed by atoms with Gasteiger partial charge < -0.3 is 9.84 Å². The molecule has 124 valence electrons. The first-order valence-corrected chi connectivity index (χ1v) is 9.15. The topological polar surface area (TPSA) is 60.2 Å². The molecule has 1 fully saturated rings. The van der Waals surface area contributed by atoms with Gasteiger partial charge in [0, 0.05) is 17.4 Å². The number of hydrogen-bond acceptors (Lipinski definition) is 5. The van der Waals surface area contributed by atoms with E-state index in [0.717, 1.165) is 22.3 Å². The summed E-state index contributed by atoms with van der Waals surface area (Å²) in [5, 5.41) is 18.9. The zero-order valence-corrected chi connectivity index (χ0v) is 14.3. The smallest absolute Gasteiger partial charge is 0.191 e. The van der Waals surface area contributed by atoms with Gasteiger partial charge in [-0.2, -0.15) is 0 Å². The summed E-state index contributed by atoms with van der Waals surface area (Å²) >= 11 is 1.58. The van der Waals surface area contributed by atoms with E-state index in [4.69, 9.17) is 9.84 Å². The van der Waals surface area contributed by atoms with Crippen molar-refractivity contribution in [3.63, 3.8) is 0 Å². The Hall–Kier alpha value is -1.53. The Morgan fingerprint density at radius 1 is 1.17 bits per heavy atom. The quantitative estimate of drug-likeness (QED) is 0.819. The lowest BCUT2D eigenvalue weighted by Gasteiger charge is -2.25. The van der Waals surface area contributed by atoms with Crippen molar-refractivity contribution >= 4 is 11.8 Å². The van der Waals surface area contributed by atoms with Crippen molar-refractivity contribution in [1.29, 1.82) is 0 Å². The molecule has 0 aliphatic heterocycles. The Kier molecular flexibility index (Phi) is 5.56. The molecule has 6 heteroatoms. The fourth-order valence-corrected chi connectivity index (χ4v) is 3.86. The van der Waals surface area contributed by atoms with Gasteiger partial charge in [-0.05, 0) is 37.1 Å². The van der Waals surface area contributed by atoms with Crippen LogP contribution in [0.25, 0.3) is 11.4 Å². The summed E-state index contributed by atoms with van der Waals surface area (Å²) in [6.07, 6.45) is 6.18. The SMILES string of the molecule is COc1ccc(-c2nnc(SCCO)n2C2CCCCC2)cc1. The lowest BCUT2D eigenvalue weighted by molar-refractivity contribution is 0.321. The summed E-state index contributed by atoms with van der Waals surface area (Å²) in [5.74, 6) is 2.40. The molecule has 5 nitrogen and oxygen atoms in total. The maximum absolute atomic E-state index is 9.12. The first-order chi connectivity index (χ1) is 11.3. The van der Waals surface area contributed by atoms with Crippen molar-refractivity contribution in [2.45, 2.75) is 43.3 Å². The van der Waals surface area contributed by atoms with E-state index in [-0.39, 0.29) is 6.61 Å². The van der Waals surface area contributed by atoms with Crippen LogP contribution in [0.1, 0.15) is 38.1 Å². The monoisotopic (exact) mass is 333 g/mol. The third kappa shape index (κ3) is 3.70. The van der Waals surface area contributed by atoms with Gasteiger partial charge in [-0.25, -0.2) is 0 Å². The number of aliphatic hydroxyl groups excluding tert-OH is 1. The summed E-state index contributed by atoms with van der Waals surface area (Å²) in [4.78, 5) is 0. The maximum atomic E-state index is 9.12. The Bertz CT molecular complexity index is 621. The number of ether oxygens (including phenoxy) is 1. The van der Waals surface area contributed by atoms with Gasteiger partial charge in [0.25, 0.3) is 0 Å². The molecule has 1 N–H and O–H groups in total. The number of aromatic nitrogens is 3. The highest BCUT2D eigenvalue weighted by atomic mass is 32.2. The average molecular weight is 333 g/mol. The van der Waals surface area contributed by atoms with E-state index in [1.807, 2.05) is 24.3 Å². The van der Waals surface area contributed by atoms with Gasteiger partial charge in [-0.3, -0.25) is 4.57 Å². The van der Waals surface area contributed by atoms with Crippen molar-refractivity contribution in [2.24, 2.45) is 0 Å². The minimum atomic E-state index is 0.153. The zero-order chi connectivity index (χ0) is 16.1. The summed E-state index contributed by atoms with van der Waals surface area (Å²) in [6.45, 7) is 0.153. The van der Waals surface area contributed by atoms with E-state index in [1.54, 1.807) is 18.9 Å². The van der Waals surface area contributed by atoms with Gasteiger partial charge in [0.05, 0.1) is 13.7 Å². The molecule has 2 aromatic rings. The molecule has 1 aliphatic rings. The Labute approximate surface area is 141 Å². The third-order valence-corrected chi connectivity index (χ3v) is 5.20. The number of methoxy groups -OCH3 is 1. The highest BCUT2D eigenvalue weighted by molar-refractivity contribution is 7.99. The highest BCUT2D eigenvalue weighted by Gasteiger charge is 2.23. The number of aliphatic hydroxyl groups is 1. The lowest BCUT2D eigenvalue weighted by Crippen LogP contribution is -2.15. The molecule has 1 aromatic heterocycles. The molecule has 1 aliphatic carbocycles. The molecule has 0 amide bonds. The van der Waals surface area contributed by atoms with Crippen LogP contribution >= 0.6 is 11.8 Å². The van der Waals surface area contributed by atoms with Crippen LogP contribution in [0.2, 0.25) is 0 Å². The molecule has 1 heterocycles. The van der Waals surface area contributed by atoms with E-state index >= 15 is 0 Å². The molecule has 3 rings (SSSR count). The van der Waals surface area contributed by atoms with Crippen LogP contribution in [0, 0.1) is 0 Å². The number of hydrogen-bond donors (Lipinski definition) is 1. The van der Waals surface area contributed by atoms with Gasteiger partial charge in [0.1, 0.15) is 5.75 Å². The van der Waals surface area contributed by atoms with Crippen molar-refractivity contribution in [3.8, 4) is 17.1 Å². The van der Waals surface area contributed by atoms with Crippen LogP contribution in [0.4, 0.5) is 0 Å². The van der Waals surface area contributed by atoms with Crippen molar-refractivity contribution in [2.75, 3.05) is 19.5 Å². The molecule has 0 spiro atoms. The first kappa shape index (κ1) is 16.3. The van der Waals surface area contributed by atoms with Crippen molar-refractivity contribution < 1.29 is 9.84 Å². The van der Waals surface area contributed by atoms with Gasteiger partial charge in [-0.1, -0.05) is 31.0 Å². The molecule has 0 radical (unpaired) electrons. The summed E-state index contributed by atoms with van der Waals surface area (Å²) in [7, 11) is 1.67. The molecule has 0 unspecified atom stereocenters. The van der Waals surface area contributed by atoms with Crippen LogP contribution in [0.5, 0.6) is 5.75 Å². The van der Waals surface area contributed by atoms with Crippen LogP contribution < -0.4 is 4.74 Å². The highest BCUT2D eigenvalue weighted by Crippen LogP contribution is 2.35. The van der Waals surface area contributed by atoms with Crippen LogP contribution in [0.3, 0.4) is 0 Å². The average Bonchev–Trinajstić information content (AvgIpc) is 3.04. The van der Waals surface area contributed by atoms with E-state index in [9.17, 15) is 0 Å². The van der Waals surface area contributed by atoms with Gasteiger partial charge >= 0.3 is 0 Å². The molecule has 23 heavy (non-hydrogen) atoms. The van der Waals surface area contributed by atoms with Gasteiger partial charge in [-0.15, -0.1) is 10.2 Å². The standard InChI is InChI=1S/C17H23N3O2S/c1-22-15-9-7-13(8-10-15)16-18-19-17(23-12-11-21)20(16)14-5-3-2-4-6-14/h7-10,14,21H,2-6,11-12H2,1H3. The summed E-state index contributed by atoms with van der Waals surface area (Å²) < 4.78 is 7.51. The predicted molar refractivity (Wildman–Crippen MR) is 91.9 cm³/mol. The minimum Gasteiger partial charge on any atom is -0.497 e. The predicted octanol–water partition coefficient (Wildman–Crippen LogP) is 3.54. The van der Waals surface area contributed by atoms with Gasteiger partial charge in [0.15, 0.2) is 11.0 Å². The number of nitrogens with zero attached hydrogens (tertiary/aromatic N) is 3. The minimum absolute atomic E-state index is 0.153. The van der Waals surface area contributed by atoms with E-state index in [1.165, 1.54) is 32.1 Å². The fourth-order valence-electron chi connectivity index (χ4n) is 3.12. The van der Waals surface area contributed by atoms with Crippen molar-refractivity contribution in [1.82, 2.24) is 14.8 Å². The molecule has 0 atom stereocenters. The van der Waals surface area contributed by atoms with Crippen LogP contribution in [-0.4, -0.2) is 39.3 Å². The molecular weight excluding hydrogens is 310 g/mol. The summed E-state index contributed by atoms with van der Waals surface area (Å²) in [6, 6.07) is 8.42. The Morgan fingerprint density at radius 2 is 1.91 bits per heavy atom. The molecule has 1 aromatic carbocycles. The van der Waals surface area contributed by atoms with Gasteiger partial charge in [0.2, 0.25) is 0 Å². The lowest BCUT2D eigenvalue weighted by atomic mass is 9.95. The number of thioether (sulfide) groups is 1. The van der Waals surface area contributed by atoms with E-state index < -0.39 is 0 Å². The molecular formula is C17H23N3O2S. The van der Waals surface area contributed by atoms with Crippen LogP contribution in [0.15, 0.2) is 29.4 Å². The molecule has 1 saturated carbocycles. The fraction of sp³-hybridized carbons (Fsp3) is 0.529. The Morgan fingerprint density at radius 3 is 2.57 bits per heavy atom. The first-order valence-electron chi connectivity index (χ1n) is 8.16. The van der Waals surface area contributed by atoms with Crippen LogP contribution in [-0.2, 0) is 0 Å². The van der Waals surface area contributed by atoms with Crippen molar-refractivity contribution in [3.05, 3.63) is 24.3 Å². The second kappa shape index (κ2) is 7.84. The third-order valence-electron chi connectivity index (χ3n) is 4.28. The molecule has 0 saturated heterocycles.